The molecule has 0 saturated carbocycles. The van der Waals surface area contributed by atoms with E-state index in [-0.39, 0.29) is 56.5 Å². The quantitative estimate of drug-likeness (QED) is 0.0550. The largest absolute Gasteiger partial charge is 0.417 e. The zero-order valence-corrected chi connectivity index (χ0v) is 88.5. The first-order valence-corrected chi connectivity index (χ1v) is 48.4. The Bertz CT molecular complexity index is 7100. The van der Waals surface area contributed by atoms with E-state index in [1.807, 2.05) is 131 Å². The number of pyridine rings is 7. The van der Waals surface area contributed by atoms with Crippen molar-refractivity contribution in [3.63, 3.8) is 0 Å². The maximum absolute atomic E-state index is 13.9. The third-order valence-corrected chi connectivity index (χ3v) is 22.3. The zero-order chi connectivity index (χ0) is 107. The van der Waals surface area contributed by atoms with Gasteiger partial charge in [-0.05, 0) is 148 Å². The summed E-state index contributed by atoms with van der Waals surface area (Å²) in [6.07, 6.45) is 31.9. The molecule has 1 N–H and O–H groups in total. The van der Waals surface area contributed by atoms with Crippen molar-refractivity contribution in [3.8, 4) is 51.2 Å². The molecule has 15 heterocycles. The second kappa shape index (κ2) is 51.8. The van der Waals surface area contributed by atoms with Crippen LogP contribution in [-0.2, 0) is 108 Å². The maximum atomic E-state index is 13.9. The minimum absolute atomic E-state index is 0.0268. The molecule has 16 aromatic rings. The van der Waals surface area contributed by atoms with Crippen LogP contribution in [0.25, 0.3) is 51.2 Å². The molecule has 0 fully saturated rings. The van der Waals surface area contributed by atoms with Crippen LogP contribution in [0.1, 0.15) is 155 Å². The molecule has 0 aliphatic carbocycles. The highest BCUT2D eigenvalue weighted by Gasteiger charge is 2.33. The van der Waals surface area contributed by atoms with Gasteiger partial charge in [-0.15, -0.1) is 0 Å². The van der Waals surface area contributed by atoms with Gasteiger partial charge in [0, 0.05) is 206 Å². The monoisotopic (exact) mass is 2060 g/mol. The molecular weight excluding hydrogens is 1930 g/mol. The summed E-state index contributed by atoms with van der Waals surface area (Å²) in [5.41, 5.74) is 7.70. The summed E-state index contributed by atoms with van der Waals surface area (Å²) in [5, 5.41) is 36.9. The number of anilines is 1. The molecule has 1 aromatic carbocycles. The predicted octanol–water partition coefficient (Wildman–Crippen LogP) is 18.7. The van der Waals surface area contributed by atoms with Gasteiger partial charge in [0.1, 0.15) is 23.0 Å². The number of benzene rings is 1. The molecule has 774 valence electrons. The van der Waals surface area contributed by atoms with Crippen molar-refractivity contribution < 1.29 is 26.3 Å². The van der Waals surface area contributed by atoms with Crippen LogP contribution in [-0.4, -0.2) is 116 Å². The summed E-state index contributed by atoms with van der Waals surface area (Å²) < 4.78 is 102. The number of aromatic nitrogens is 23. The smallest absolute Gasteiger partial charge is 0.378 e. The molecule has 145 heavy (non-hydrogen) atoms. The minimum Gasteiger partial charge on any atom is -0.378 e. The maximum Gasteiger partial charge on any atom is 0.417 e. The highest BCUT2D eigenvalue weighted by atomic mass is 35.5. The molecule has 0 aliphatic rings. The van der Waals surface area contributed by atoms with Crippen molar-refractivity contribution in [2.24, 2.45) is 97.8 Å². The second-order valence-electron chi connectivity index (χ2n) is 38.5. The first-order chi connectivity index (χ1) is 68.2. The average molecular weight is 2060 g/mol. The fourth-order valence-corrected chi connectivity index (χ4v) is 16.0. The fraction of sp³-hybridized carbons (Fsp3) is 0.381. The van der Waals surface area contributed by atoms with Crippen molar-refractivity contribution in [2.75, 3.05) is 5.32 Å². The summed E-state index contributed by atoms with van der Waals surface area (Å²) >= 11 is 18.5. The van der Waals surface area contributed by atoms with Crippen LogP contribution in [0.2, 0.25) is 15.1 Å². The summed E-state index contributed by atoms with van der Waals surface area (Å²) in [6.45, 7) is 32.5. The van der Waals surface area contributed by atoms with Crippen molar-refractivity contribution in [2.45, 2.75) is 168 Å². The molecule has 0 spiro atoms. The molecule has 0 saturated heterocycles. The number of hydrogen-bond donors (Lipinski definition) is 1. The van der Waals surface area contributed by atoms with Gasteiger partial charge in [0.15, 0.2) is 11.6 Å². The van der Waals surface area contributed by atoms with E-state index in [4.69, 9.17) is 34.8 Å². The van der Waals surface area contributed by atoms with E-state index in [1.165, 1.54) is 80.3 Å². The average Bonchev–Trinajstić information content (AvgIpc) is 1.78. The molecule has 16 rings (SSSR count). The van der Waals surface area contributed by atoms with E-state index in [9.17, 15) is 59.9 Å². The standard InChI is InChI=1S/C14H17ClN2.C13H15ClFN3O.C13H16ClN3O.C13H15F3N4O.2C13H16FN3O.2C13H17N3O/c1-10(2)7-11-5-4-6-13(14(11)15)12-8-16-17(3)9-12;1-8(2)4-9-5-10(14)7-18(13(9)19)11-6-16-17(3)12(11)15;1-9(2)4-10-5-11(14)7-17(13(10)18)12-6-15-16(3)8-12;1-8(2)18-11-4-9(13(14,15)16)6-20(12(11)21)10-5-17-19(3)7-10;1-9(2)4-10-5-11(14)7-17(13(10)18)12-6-15-16(3)8-12;1-9(2)6-10-7-11(14)8-17(13(10)18)12-4-5-16(3)15-12;1-10(2)9-11-5-4-7-16(13(11)17)12-6-8-15(3)14-12;1-10(2)7-11-5-4-6-16(13(11)17)12-8-14-15(3)9-12/h4-6,8-10H,7H2,1-3H3;5-8H,4H2,1-3H3;5-9H,4H2,1-3H3;4-8,18H,1-3H3;5-9H,4H2,1-3H3;4-5,7-9H,6H2,1-3H3;4-8,10H,9H2,1-3H3;4-6,8-10H,7H2,1-3H3. The van der Waals surface area contributed by atoms with Crippen LogP contribution in [0.15, 0.2) is 242 Å². The van der Waals surface area contributed by atoms with E-state index in [0.717, 1.165) is 91.4 Å². The van der Waals surface area contributed by atoms with E-state index < -0.39 is 34.9 Å². The Hall–Kier alpha value is -14.2. The normalized spacial score (nSPS) is 11.3. The van der Waals surface area contributed by atoms with Gasteiger partial charge in [0.05, 0.1) is 80.6 Å². The van der Waals surface area contributed by atoms with Crippen LogP contribution in [0.5, 0.6) is 0 Å². The van der Waals surface area contributed by atoms with Crippen molar-refractivity contribution >= 4 is 40.5 Å². The number of halogens is 9. The summed E-state index contributed by atoms with van der Waals surface area (Å²) in [4.78, 5) is 85.8. The van der Waals surface area contributed by atoms with Gasteiger partial charge in [-0.1, -0.05) is 162 Å². The first kappa shape index (κ1) is 114. The van der Waals surface area contributed by atoms with E-state index in [0.29, 0.717) is 105 Å². The lowest BCUT2D eigenvalue weighted by atomic mass is 9.99. The van der Waals surface area contributed by atoms with E-state index >= 15 is 0 Å². The summed E-state index contributed by atoms with van der Waals surface area (Å²) in [6, 6.07) is 24.0. The van der Waals surface area contributed by atoms with Gasteiger partial charge < -0.3 is 5.32 Å². The molecule has 0 bridgehead atoms. The zero-order valence-electron chi connectivity index (χ0n) is 86.2. The molecule has 0 amide bonds. The Balaban J connectivity index is 0.000000185. The highest BCUT2D eigenvalue weighted by Crippen LogP contribution is 2.33. The van der Waals surface area contributed by atoms with Crippen molar-refractivity contribution in [1.82, 2.24) is 110 Å². The third-order valence-electron chi connectivity index (χ3n) is 21.4. The summed E-state index contributed by atoms with van der Waals surface area (Å²) in [7, 11) is 14.0. The number of nitrogens with one attached hydrogen (secondary N) is 1. The Morgan fingerprint density at radius 3 is 1.06 bits per heavy atom. The van der Waals surface area contributed by atoms with Crippen molar-refractivity contribution in [1.29, 1.82) is 0 Å². The third kappa shape index (κ3) is 32.9. The number of nitrogens with zero attached hydrogens (tertiary/aromatic N) is 23. The Morgan fingerprint density at radius 1 is 0.324 bits per heavy atom. The van der Waals surface area contributed by atoms with Crippen LogP contribution in [0, 0.1) is 59.0 Å². The van der Waals surface area contributed by atoms with E-state index in [2.05, 4.69) is 114 Å². The lowest BCUT2D eigenvalue weighted by Gasteiger charge is -2.15. The van der Waals surface area contributed by atoms with Gasteiger partial charge >= 0.3 is 6.18 Å². The van der Waals surface area contributed by atoms with E-state index in [1.54, 1.807) is 151 Å². The van der Waals surface area contributed by atoms with Crippen LogP contribution in [0.3, 0.4) is 0 Å². The number of rotatable bonds is 24. The Labute approximate surface area is 852 Å². The highest BCUT2D eigenvalue weighted by molar-refractivity contribution is 6.34. The molecule has 0 aliphatic heterocycles. The van der Waals surface area contributed by atoms with Gasteiger partial charge in [-0.3, -0.25) is 98.3 Å². The number of aryl methyl sites for hydroxylation is 8. The van der Waals surface area contributed by atoms with Gasteiger partial charge in [-0.25, -0.2) is 13.5 Å². The van der Waals surface area contributed by atoms with Gasteiger partial charge in [0.2, 0.25) is 5.95 Å². The van der Waals surface area contributed by atoms with Crippen molar-refractivity contribution in [3.05, 3.63) is 359 Å². The molecule has 40 heteroatoms. The molecule has 15 aromatic heterocycles. The Morgan fingerprint density at radius 2 is 0.669 bits per heavy atom. The molecule has 0 atom stereocenters. The Kier molecular flexibility index (Phi) is 40.9. The number of hydrogen-bond acceptors (Lipinski definition) is 16. The van der Waals surface area contributed by atoms with Gasteiger partial charge in [-0.2, -0.15) is 58.4 Å². The fourth-order valence-electron chi connectivity index (χ4n) is 15.2. The molecule has 31 nitrogen and oxygen atoms in total. The van der Waals surface area contributed by atoms with Crippen LogP contribution < -0.4 is 44.2 Å². The lowest BCUT2D eigenvalue weighted by molar-refractivity contribution is -0.137. The lowest BCUT2D eigenvalue weighted by Crippen LogP contribution is -2.26. The van der Waals surface area contributed by atoms with Gasteiger partial charge in [0.25, 0.3) is 38.9 Å². The second-order valence-corrected chi connectivity index (χ2v) is 39.7. The van der Waals surface area contributed by atoms with Crippen LogP contribution in [0.4, 0.5) is 32.0 Å². The molecular formula is C105H129Cl3F6N24O7. The van der Waals surface area contributed by atoms with Crippen LogP contribution >= 0.6 is 34.8 Å². The summed E-state index contributed by atoms with van der Waals surface area (Å²) in [5.74, 6) is 2.61. The molecule has 0 unspecified atom stereocenters. The molecule has 0 radical (unpaired) electrons. The topological polar surface area (TPSA) is 309 Å². The number of alkyl halides is 3. The minimum atomic E-state index is -4.54. The first-order valence-electron chi connectivity index (χ1n) is 47.3. The SMILES string of the molecule is CC(C)Cc1cc(Cl)cn(-c2cnn(C)c2)c1=O.CC(C)Cc1cc(Cl)cn(-c2cnn(C)c2F)c1=O.CC(C)Cc1cc(F)cn(-c2ccn(C)n2)c1=O.CC(C)Cc1cc(F)cn(-c2cnn(C)c2)c1=O.CC(C)Cc1cccc(-c2cnn(C)c2)c1Cl.CC(C)Cc1cccn(-c2ccn(C)n2)c1=O.CC(C)Cc1cccn(-c2cnn(C)c2)c1=O.CC(C)Nc1cc(C(F)(F)F)cn(-c2cnn(C)c2)c1=O. The predicted molar refractivity (Wildman–Crippen MR) is 559 cm³/mol.